The Bertz CT molecular complexity index is 970. The summed E-state index contributed by atoms with van der Waals surface area (Å²) >= 11 is 0. The maximum atomic E-state index is 12.8. The van der Waals surface area contributed by atoms with Gasteiger partial charge in [0.2, 0.25) is 6.29 Å². The minimum atomic E-state index is -5.06. The lowest BCUT2D eigenvalue weighted by Crippen LogP contribution is -2.37. The van der Waals surface area contributed by atoms with Crippen molar-refractivity contribution in [2.45, 2.75) is 37.6 Å². The number of aliphatic hydroxyl groups is 1. The van der Waals surface area contributed by atoms with Crippen LogP contribution in [0.2, 0.25) is 0 Å². The quantitative estimate of drug-likeness (QED) is 0.335. The topological polar surface area (TPSA) is 152 Å². The first-order chi connectivity index (χ1) is 14.1. The van der Waals surface area contributed by atoms with Crippen LogP contribution in [0.4, 0.5) is 0 Å². The molecule has 1 saturated heterocycles. The Labute approximate surface area is 172 Å². The first kappa shape index (κ1) is 22.8. The molecule has 1 aliphatic rings. The number of aromatic nitrogens is 1. The number of ether oxygens (including phenoxy) is 1. The molecule has 3 rings (SSSR count). The molecule has 1 aliphatic heterocycles. The lowest BCUT2D eigenvalue weighted by molar-refractivity contribution is -0.134. The van der Waals surface area contributed by atoms with Gasteiger partial charge in [-0.1, -0.05) is 25.1 Å². The van der Waals surface area contributed by atoms with Gasteiger partial charge in [-0.2, -0.15) is 0 Å². The van der Waals surface area contributed by atoms with Crippen LogP contribution in [0.1, 0.15) is 37.2 Å². The molecule has 162 valence electrons. The fraction of sp³-hybridized carbons (Fsp3) is 0.333. The first-order valence-electron chi connectivity index (χ1n) is 9.02. The summed E-state index contributed by atoms with van der Waals surface area (Å²) in [6, 6.07) is 8.45. The van der Waals surface area contributed by atoms with Crippen molar-refractivity contribution in [3.05, 3.63) is 59.9 Å². The van der Waals surface area contributed by atoms with Crippen molar-refractivity contribution in [2.75, 3.05) is 0 Å². The number of carbonyl (C=O) groups is 1. The molecule has 0 amide bonds. The van der Waals surface area contributed by atoms with Gasteiger partial charge in [0, 0.05) is 30.8 Å². The van der Waals surface area contributed by atoms with Gasteiger partial charge in [0.15, 0.2) is 0 Å². The highest BCUT2D eigenvalue weighted by molar-refractivity contribution is 7.73. The molecule has 2 heterocycles. The Hall–Kier alpha value is -1.90. The number of rotatable bonds is 6. The molecule has 1 fully saturated rings. The van der Waals surface area contributed by atoms with Crippen molar-refractivity contribution in [3.63, 3.8) is 0 Å². The number of nitrogens with zero attached hydrogens (tertiary/aromatic N) is 1. The minimum absolute atomic E-state index is 0.122. The van der Waals surface area contributed by atoms with Crippen molar-refractivity contribution in [2.24, 2.45) is 0 Å². The van der Waals surface area contributed by atoms with Crippen molar-refractivity contribution >= 4 is 21.2 Å². The van der Waals surface area contributed by atoms with Crippen LogP contribution >= 0.6 is 15.2 Å². The van der Waals surface area contributed by atoms with Gasteiger partial charge >= 0.3 is 21.2 Å². The van der Waals surface area contributed by atoms with Gasteiger partial charge in [-0.15, -0.1) is 0 Å². The molecule has 0 saturated carbocycles. The largest absolute Gasteiger partial charge is 0.427 e. The predicted molar refractivity (Wildman–Crippen MR) is 104 cm³/mol. The molecule has 10 nitrogen and oxygen atoms in total. The number of carbonyl (C=O) groups excluding carboxylic acids is 1. The predicted octanol–water partition coefficient (Wildman–Crippen LogP) is 3.09. The van der Waals surface area contributed by atoms with Crippen molar-refractivity contribution in [1.82, 2.24) is 4.98 Å². The van der Waals surface area contributed by atoms with Crippen LogP contribution in [0, 0.1) is 0 Å². The van der Waals surface area contributed by atoms with Gasteiger partial charge in [0.1, 0.15) is 5.75 Å². The molecule has 3 N–H and O–H groups in total. The summed E-state index contributed by atoms with van der Waals surface area (Å²) < 4.78 is 40.7. The second kappa shape index (κ2) is 8.69. The van der Waals surface area contributed by atoms with Crippen LogP contribution in [0.5, 0.6) is 5.75 Å². The van der Waals surface area contributed by atoms with E-state index in [1.165, 1.54) is 48.8 Å². The highest BCUT2D eigenvalue weighted by Crippen LogP contribution is 2.79. The average molecular weight is 457 g/mol. The summed E-state index contributed by atoms with van der Waals surface area (Å²) in [7, 11) is -10.1. The van der Waals surface area contributed by atoms with Gasteiger partial charge in [0.05, 0.1) is 0 Å². The van der Waals surface area contributed by atoms with E-state index < -0.39 is 39.0 Å². The molecule has 0 bridgehead atoms. The minimum Gasteiger partial charge on any atom is -0.427 e. The Morgan fingerprint density at radius 2 is 1.80 bits per heavy atom. The molecule has 1 aromatic carbocycles. The molecule has 0 radical (unpaired) electrons. The van der Waals surface area contributed by atoms with E-state index in [1.54, 1.807) is 0 Å². The molecule has 2 aromatic rings. The zero-order valence-corrected chi connectivity index (χ0v) is 17.7. The molecular weight excluding hydrogens is 436 g/mol. The van der Waals surface area contributed by atoms with Crippen LogP contribution in [-0.2, 0) is 29.4 Å². The maximum Gasteiger partial charge on any atom is 0.374 e. The third-order valence-corrected chi connectivity index (χ3v) is 8.98. The molecule has 2 atom stereocenters. The first-order valence-corrected chi connectivity index (χ1v) is 12.2. The van der Waals surface area contributed by atoms with Gasteiger partial charge in [-0.25, -0.2) is 0 Å². The highest BCUT2D eigenvalue weighted by Gasteiger charge is 2.67. The third kappa shape index (κ3) is 4.55. The van der Waals surface area contributed by atoms with E-state index in [9.17, 15) is 28.8 Å². The van der Waals surface area contributed by atoms with E-state index in [2.05, 4.69) is 4.98 Å². The van der Waals surface area contributed by atoms with Gasteiger partial charge in [0.25, 0.3) is 5.08 Å². The van der Waals surface area contributed by atoms with E-state index in [4.69, 9.17) is 13.8 Å². The van der Waals surface area contributed by atoms with E-state index in [0.29, 0.717) is 6.42 Å². The standard InChI is InChI=1S/C18H21NO9P2/c1-2-4-16(20)26-15-8-6-14(7-9-15)17-27-29(22,23)18(21,30(24,25)28-17)11-13-5-3-10-19-12-13/h3,5-10,12,17,21H,2,4,11H2,1H3,(H,22,23)(H,24,25). The van der Waals surface area contributed by atoms with Crippen molar-refractivity contribution in [3.8, 4) is 5.75 Å². The van der Waals surface area contributed by atoms with Crippen LogP contribution in [0.25, 0.3) is 0 Å². The summed E-state index contributed by atoms with van der Waals surface area (Å²) in [6.07, 6.45) is 1.22. The highest BCUT2D eigenvalue weighted by atomic mass is 31.2. The number of hydrogen-bond acceptors (Lipinski definition) is 8. The fourth-order valence-corrected chi connectivity index (χ4v) is 6.36. The van der Waals surface area contributed by atoms with E-state index >= 15 is 0 Å². The lowest BCUT2D eigenvalue weighted by atomic mass is 10.2. The normalized spacial score (nSPS) is 31.3. The number of esters is 1. The van der Waals surface area contributed by atoms with E-state index in [1.807, 2.05) is 6.92 Å². The monoisotopic (exact) mass is 457 g/mol. The third-order valence-electron chi connectivity index (χ3n) is 4.38. The van der Waals surface area contributed by atoms with Gasteiger partial charge in [-0.3, -0.25) is 28.0 Å². The smallest absolute Gasteiger partial charge is 0.374 e. The summed E-state index contributed by atoms with van der Waals surface area (Å²) in [4.78, 5) is 36.0. The van der Waals surface area contributed by atoms with Crippen molar-refractivity contribution < 1.29 is 42.6 Å². The van der Waals surface area contributed by atoms with Crippen molar-refractivity contribution in [1.29, 1.82) is 0 Å². The van der Waals surface area contributed by atoms with Gasteiger partial charge in [-0.05, 0) is 30.2 Å². The number of pyridine rings is 1. The average Bonchev–Trinajstić information content (AvgIpc) is 2.67. The summed E-state index contributed by atoms with van der Waals surface area (Å²) in [5, 5.41) is 7.62. The Kier molecular flexibility index (Phi) is 6.60. The molecule has 30 heavy (non-hydrogen) atoms. The Balaban J connectivity index is 1.82. The van der Waals surface area contributed by atoms with E-state index in [-0.39, 0.29) is 23.3 Å². The molecule has 1 aromatic heterocycles. The van der Waals surface area contributed by atoms with Crippen LogP contribution in [-0.4, -0.2) is 30.9 Å². The van der Waals surface area contributed by atoms with Crippen LogP contribution in [0.3, 0.4) is 0 Å². The molecular formula is C18H21NO9P2. The second-order valence-electron chi connectivity index (χ2n) is 6.69. The number of hydrogen-bond donors (Lipinski definition) is 3. The SMILES string of the molecule is CCCC(=O)Oc1ccc(C2OP(=O)(O)C(O)(Cc3cccnc3)P(=O)(O)O2)cc1. The van der Waals surface area contributed by atoms with Crippen LogP contribution in [0.15, 0.2) is 48.8 Å². The fourth-order valence-electron chi connectivity index (χ4n) is 2.78. The number of benzene rings is 1. The Morgan fingerprint density at radius 3 is 2.33 bits per heavy atom. The van der Waals surface area contributed by atoms with Crippen LogP contribution < -0.4 is 4.74 Å². The summed E-state index contributed by atoms with van der Waals surface area (Å²) in [6.45, 7) is 1.83. The summed E-state index contributed by atoms with van der Waals surface area (Å²) in [5.41, 5.74) is 0.365. The molecule has 0 aliphatic carbocycles. The summed E-state index contributed by atoms with van der Waals surface area (Å²) in [5.74, 6) is -0.198. The second-order valence-corrected chi connectivity index (χ2v) is 11.0. The molecule has 12 heteroatoms. The zero-order chi connectivity index (χ0) is 22.0. The lowest BCUT2D eigenvalue weighted by Gasteiger charge is -2.41. The molecule has 0 spiro atoms. The maximum absolute atomic E-state index is 12.8. The van der Waals surface area contributed by atoms with E-state index in [0.717, 1.165) is 0 Å². The molecule has 2 unspecified atom stereocenters. The van der Waals surface area contributed by atoms with Gasteiger partial charge < -0.3 is 19.6 Å². The zero-order valence-electron chi connectivity index (χ0n) is 16.0. The Morgan fingerprint density at radius 1 is 1.17 bits per heavy atom.